The number of halogens is 10. The van der Waals surface area contributed by atoms with E-state index in [-0.39, 0.29) is 17.4 Å². The second-order valence-electron chi connectivity index (χ2n) is 4.90. The maximum atomic E-state index is 13.4. The molecule has 2 nitrogen and oxygen atoms in total. The molecule has 0 fully saturated rings. The lowest BCUT2D eigenvalue weighted by atomic mass is 9.90. The molecule has 1 aromatic rings. The van der Waals surface area contributed by atoms with Gasteiger partial charge in [-0.3, -0.25) is 9.59 Å². The Labute approximate surface area is 136 Å². The third-order valence-electron chi connectivity index (χ3n) is 3.11. The van der Waals surface area contributed by atoms with E-state index < -0.39 is 64.4 Å². The van der Waals surface area contributed by atoms with Crippen LogP contribution in [-0.2, 0) is 4.79 Å². The molecule has 1 rings (SSSR count). The van der Waals surface area contributed by atoms with Gasteiger partial charge in [-0.05, 0) is 13.0 Å². The van der Waals surface area contributed by atoms with E-state index >= 15 is 0 Å². The molecule has 0 amide bonds. The molecule has 25 heavy (non-hydrogen) atoms. The third kappa shape index (κ3) is 3.51. The predicted molar refractivity (Wildman–Crippen MR) is 63.7 cm³/mol. The summed E-state index contributed by atoms with van der Waals surface area (Å²) in [5, 5.41) is -1.57. The zero-order valence-corrected chi connectivity index (χ0v) is 12.6. The van der Waals surface area contributed by atoms with Crippen molar-refractivity contribution >= 4 is 22.9 Å². The maximum absolute atomic E-state index is 13.4. The molecule has 1 unspecified atom stereocenters. The number of Topliss-reactive ketones (excluding diaryl/α,β-unsaturated/α-hetero) is 2. The number of hydrogen-bond donors (Lipinski definition) is 0. The van der Waals surface area contributed by atoms with Crippen molar-refractivity contribution in [2.24, 2.45) is 0 Å². The molecule has 0 aliphatic heterocycles. The molecule has 0 aliphatic carbocycles. The highest BCUT2D eigenvalue weighted by Gasteiger charge is 2.79. The molecule has 1 heterocycles. The summed E-state index contributed by atoms with van der Waals surface area (Å²) in [6, 6.07) is 0.181. The van der Waals surface area contributed by atoms with E-state index in [0.29, 0.717) is 0 Å². The number of thiophene rings is 1. The molecule has 0 aromatic carbocycles. The van der Waals surface area contributed by atoms with Crippen LogP contribution in [-0.4, -0.2) is 35.3 Å². The Balaban J connectivity index is 3.12. The van der Waals surface area contributed by atoms with Gasteiger partial charge in [-0.25, -0.2) is 8.78 Å². The van der Waals surface area contributed by atoms with Crippen LogP contribution in [0.15, 0.2) is 6.07 Å². The van der Waals surface area contributed by atoms with Crippen LogP contribution in [0.3, 0.4) is 0 Å². The Morgan fingerprint density at radius 2 is 1.48 bits per heavy atom. The molecule has 0 radical (unpaired) electrons. The third-order valence-corrected chi connectivity index (χ3v) is 4.05. The number of carbonyl (C=O) groups is 2. The lowest BCUT2D eigenvalue weighted by molar-refractivity contribution is -0.338. The summed E-state index contributed by atoms with van der Waals surface area (Å²) >= 11 is -0.238. The van der Waals surface area contributed by atoms with Crippen LogP contribution >= 0.6 is 11.3 Å². The molecule has 0 saturated carbocycles. The summed E-state index contributed by atoms with van der Waals surface area (Å²) in [5.74, 6) is -19.1. The van der Waals surface area contributed by atoms with Gasteiger partial charge in [0.25, 0.3) is 5.67 Å². The number of carbonyl (C=O) groups excluding carboxylic acids is 2. The first-order chi connectivity index (χ1) is 11.0. The van der Waals surface area contributed by atoms with Gasteiger partial charge in [0, 0.05) is 0 Å². The number of rotatable bonds is 6. The van der Waals surface area contributed by atoms with E-state index in [4.69, 9.17) is 0 Å². The van der Waals surface area contributed by atoms with Crippen molar-refractivity contribution in [1.29, 1.82) is 0 Å². The predicted octanol–water partition coefficient (Wildman–Crippen LogP) is 4.73. The van der Waals surface area contributed by atoms with Gasteiger partial charge in [-0.2, -0.15) is 35.1 Å². The molecule has 0 aliphatic rings. The standard InChI is InChI=1S/C12H6F10O2S/c1-9(15,12(20,21)22)11(18,19)10(16,17)7(24)3-5(23)6-2-4(13)8(14)25-6/h2H,3H2,1H3. The number of alkyl halides is 8. The van der Waals surface area contributed by atoms with Crippen molar-refractivity contribution in [3.63, 3.8) is 0 Å². The van der Waals surface area contributed by atoms with Crippen molar-refractivity contribution in [2.75, 3.05) is 0 Å². The smallest absolute Gasteiger partial charge is 0.293 e. The van der Waals surface area contributed by atoms with Crippen LogP contribution in [0.2, 0.25) is 0 Å². The Hall–Kier alpha value is -1.66. The Morgan fingerprint density at radius 1 is 1.00 bits per heavy atom. The minimum absolute atomic E-state index is 0.181. The quantitative estimate of drug-likeness (QED) is 0.390. The number of hydrogen-bond acceptors (Lipinski definition) is 3. The van der Waals surface area contributed by atoms with Crippen molar-refractivity contribution < 1.29 is 53.5 Å². The van der Waals surface area contributed by atoms with Crippen LogP contribution in [0.25, 0.3) is 0 Å². The first-order valence-corrected chi connectivity index (χ1v) is 6.81. The minimum atomic E-state index is -6.54. The molecule has 13 heteroatoms. The normalized spacial score (nSPS) is 15.8. The molecule has 0 N–H and O–H groups in total. The van der Waals surface area contributed by atoms with Gasteiger partial charge in [0.15, 0.2) is 11.6 Å². The van der Waals surface area contributed by atoms with Gasteiger partial charge in [0.2, 0.25) is 10.9 Å². The van der Waals surface area contributed by atoms with Crippen molar-refractivity contribution in [3.05, 3.63) is 21.9 Å². The van der Waals surface area contributed by atoms with Gasteiger partial charge >= 0.3 is 18.0 Å². The fraction of sp³-hybridized carbons (Fsp3) is 0.500. The van der Waals surface area contributed by atoms with Crippen LogP contribution in [0.1, 0.15) is 23.0 Å². The highest BCUT2D eigenvalue weighted by atomic mass is 32.1. The lowest BCUT2D eigenvalue weighted by Crippen LogP contribution is -2.64. The molecule has 0 saturated heterocycles. The van der Waals surface area contributed by atoms with Crippen molar-refractivity contribution in [2.45, 2.75) is 37.0 Å². The molecule has 0 bridgehead atoms. The van der Waals surface area contributed by atoms with Crippen LogP contribution < -0.4 is 0 Å². The Bertz CT molecular complexity index is 669. The highest BCUT2D eigenvalue weighted by Crippen LogP contribution is 2.52. The summed E-state index contributed by atoms with van der Waals surface area (Å²) in [5.41, 5.74) is -5.79. The average molecular weight is 404 g/mol. The van der Waals surface area contributed by atoms with E-state index in [2.05, 4.69) is 0 Å². The summed E-state index contributed by atoms with van der Waals surface area (Å²) in [6.45, 7) is -0.889. The van der Waals surface area contributed by atoms with E-state index in [1.165, 1.54) is 0 Å². The molecule has 0 spiro atoms. The second-order valence-corrected chi connectivity index (χ2v) is 5.91. The summed E-state index contributed by atoms with van der Waals surface area (Å²) in [4.78, 5) is 21.7. The van der Waals surface area contributed by atoms with Crippen molar-refractivity contribution in [1.82, 2.24) is 0 Å². The lowest BCUT2D eigenvalue weighted by Gasteiger charge is -2.35. The molecule has 142 valence electrons. The average Bonchev–Trinajstić information content (AvgIpc) is 2.76. The van der Waals surface area contributed by atoms with Gasteiger partial charge in [-0.1, -0.05) is 11.3 Å². The van der Waals surface area contributed by atoms with E-state index in [9.17, 15) is 53.5 Å². The summed E-state index contributed by atoms with van der Waals surface area (Å²) < 4.78 is 129. The summed E-state index contributed by atoms with van der Waals surface area (Å²) in [7, 11) is 0. The molecular formula is C12H6F10O2S. The van der Waals surface area contributed by atoms with Crippen LogP contribution in [0.5, 0.6) is 0 Å². The number of ketones is 2. The first-order valence-electron chi connectivity index (χ1n) is 5.99. The first kappa shape index (κ1) is 21.4. The summed E-state index contributed by atoms with van der Waals surface area (Å²) in [6.07, 6.45) is -8.57. The zero-order chi connectivity index (χ0) is 20.0. The maximum Gasteiger partial charge on any atom is 0.428 e. The van der Waals surface area contributed by atoms with E-state index in [1.54, 1.807) is 0 Å². The monoisotopic (exact) mass is 404 g/mol. The largest absolute Gasteiger partial charge is 0.428 e. The van der Waals surface area contributed by atoms with E-state index in [1.807, 2.05) is 0 Å². The molecule has 1 atom stereocenters. The Morgan fingerprint density at radius 3 is 1.84 bits per heavy atom. The fourth-order valence-corrected chi connectivity index (χ4v) is 2.17. The minimum Gasteiger partial charge on any atom is -0.293 e. The highest BCUT2D eigenvalue weighted by molar-refractivity contribution is 7.12. The van der Waals surface area contributed by atoms with Crippen LogP contribution in [0, 0.1) is 10.9 Å². The Kier molecular flexibility index (Phi) is 5.35. The van der Waals surface area contributed by atoms with Gasteiger partial charge < -0.3 is 0 Å². The topological polar surface area (TPSA) is 34.1 Å². The van der Waals surface area contributed by atoms with Gasteiger partial charge in [0.1, 0.15) is 0 Å². The SMILES string of the molecule is CC(F)(C(F)(F)F)C(F)(F)C(F)(F)C(=O)CC(=O)c1cc(F)c(F)s1. The zero-order valence-electron chi connectivity index (χ0n) is 11.8. The van der Waals surface area contributed by atoms with Gasteiger partial charge in [-0.15, -0.1) is 0 Å². The molecule has 1 aromatic heterocycles. The van der Waals surface area contributed by atoms with E-state index in [0.717, 1.165) is 0 Å². The fourth-order valence-electron chi connectivity index (χ4n) is 1.48. The second kappa shape index (κ2) is 6.25. The van der Waals surface area contributed by atoms with Crippen LogP contribution in [0.4, 0.5) is 43.9 Å². The van der Waals surface area contributed by atoms with Gasteiger partial charge in [0.05, 0.1) is 11.3 Å². The van der Waals surface area contributed by atoms with Crippen molar-refractivity contribution in [3.8, 4) is 0 Å². The molecular weight excluding hydrogens is 398 g/mol.